The number of carbonyl (C=O) groups excluding carboxylic acids is 1. The predicted octanol–water partition coefficient (Wildman–Crippen LogP) is 4.32. The zero-order valence-electron chi connectivity index (χ0n) is 17.4. The fraction of sp³-hybridized carbons (Fsp3) is 0.429. The van der Waals surface area contributed by atoms with Gasteiger partial charge in [0, 0.05) is 30.9 Å². The molecule has 2 aromatic rings. The van der Waals surface area contributed by atoms with Crippen LogP contribution in [-0.4, -0.2) is 42.9 Å². The second kappa shape index (κ2) is 10.4. The van der Waals surface area contributed by atoms with Gasteiger partial charge in [-0.05, 0) is 49.4 Å². The molecule has 0 aliphatic carbocycles. The molecule has 1 aromatic heterocycles. The Balaban J connectivity index is 1.87. The molecule has 0 radical (unpaired) electrons. The molecule has 32 heavy (non-hydrogen) atoms. The Kier molecular flexibility index (Phi) is 8.12. The van der Waals surface area contributed by atoms with Crippen molar-refractivity contribution in [3.8, 4) is 6.07 Å². The van der Waals surface area contributed by atoms with Gasteiger partial charge in [-0.3, -0.25) is 4.79 Å². The number of benzene rings is 1. The second-order valence-corrected chi connectivity index (χ2v) is 10.8. The first-order valence-electron chi connectivity index (χ1n) is 10.1. The van der Waals surface area contributed by atoms with E-state index < -0.39 is 16.1 Å². The molecule has 1 unspecified atom stereocenters. The van der Waals surface area contributed by atoms with E-state index in [0.29, 0.717) is 24.7 Å². The molecule has 0 spiro atoms. The van der Waals surface area contributed by atoms with Crippen LogP contribution in [0.25, 0.3) is 0 Å². The number of nitrogens with zero attached hydrogens (tertiary/aromatic N) is 3. The number of nitrogens with one attached hydrogen (secondary N) is 1. The summed E-state index contributed by atoms with van der Waals surface area (Å²) in [4.78, 5) is 14.6. The molecule has 1 atom stereocenters. The summed E-state index contributed by atoms with van der Waals surface area (Å²) in [6.45, 7) is 3.53. The third-order valence-corrected chi connectivity index (χ3v) is 8.14. The number of rotatable bonds is 7. The topological polar surface area (TPSA) is 95.2 Å². The van der Waals surface area contributed by atoms with Crippen LogP contribution in [0.2, 0.25) is 15.1 Å². The Morgan fingerprint density at radius 1 is 1.25 bits per heavy atom. The number of nitriles is 1. The van der Waals surface area contributed by atoms with Crippen molar-refractivity contribution < 1.29 is 13.2 Å². The van der Waals surface area contributed by atoms with E-state index in [1.807, 2.05) is 0 Å². The van der Waals surface area contributed by atoms with Crippen molar-refractivity contribution in [3.63, 3.8) is 0 Å². The van der Waals surface area contributed by atoms with Gasteiger partial charge in [-0.1, -0.05) is 41.7 Å². The van der Waals surface area contributed by atoms with Gasteiger partial charge < -0.3 is 9.47 Å². The fourth-order valence-corrected chi connectivity index (χ4v) is 6.46. The summed E-state index contributed by atoms with van der Waals surface area (Å²) in [6.07, 6.45) is 3.58. The number of likely N-dealkylation sites (tertiary alicyclic amines) is 1. The second-order valence-electron chi connectivity index (χ2n) is 7.87. The van der Waals surface area contributed by atoms with Crippen molar-refractivity contribution in [2.24, 2.45) is 5.92 Å². The number of halogens is 3. The van der Waals surface area contributed by atoms with Crippen LogP contribution in [0.3, 0.4) is 0 Å². The Hall–Kier alpha value is -1.76. The Morgan fingerprint density at radius 2 is 1.88 bits per heavy atom. The van der Waals surface area contributed by atoms with E-state index in [4.69, 9.17) is 34.8 Å². The Morgan fingerprint density at radius 3 is 2.47 bits per heavy atom. The van der Waals surface area contributed by atoms with Gasteiger partial charge in [-0.25, -0.2) is 8.42 Å². The minimum Gasteiger partial charge on any atom is -0.341 e. The summed E-state index contributed by atoms with van der Waals surface area (Å²) in [7, 11) is -4.23. The number of hydrogen-bond donors (Lipinski definition) is 1. The minimum absolute atomic E-state index is 0.134. The van der Waals surface area contributed by atoms with E-state index >= 15 is 0 Å². The highest BCUT2D eigenvalue weighted by Crippen LogP contribution is 2.33. The van der Waals surface area contributed by atoms with Gasteiger partial charge in [0.15, 0.2) is 0 Å². The van der Waals surface area contributed by atoms with Gasteiger partial charge in [0.2, 0.25) is 15.9 Å². The molecular weight excluding hydrogens is 495 g/mol. The molecule has 0 bridgehead atoms. The molecule has 0 saturated carbocycles. The van der Waals surface area contributed by atoms with Crippen LogP contribution in [-0.2, 0) is 21.4 Å². The third kappa shape index (κ3) is 5.77. The van der Waals surface area contributed by atoms with Gasteiger partial charge >= 0.3 is 0 Å². The lowest BCUT2D eigenvalue weighted by Gasteiger charge is -2.33. The summed E-state index contributed by atoms with van der Waals surface area (Å²) in [5.41, 5.74) is 0.426. The van der Waals surface area contributed by atoms with E-state index in [0.717, 1.165) is 12.8 Å². The van der Waals surface area contributed by atoms with E-state index in [1.54, 1.807) is 27.8 Å². The maximum absolute atomic E-state index is 13.3. The van der Waals surface area contributed by atoms with Crippen molar-refractivity contribution >= 4 is 50.7 Å². The molecular formula is C21H23Cl3N4O3S. The molecule has 1 aromatic carbocycles. The van der Waals surface area contributed by atoms with Crippen molar-refractivity contribution in [3.05, 3.63) is 51.2 Å². The quantitative estimate of drug-likeness (QED) is 0.592. The van der Waals surface area contributed by atoms with Crippen LogP contribution in [0.1, 0.15) is 31.9 Å². The molecule has 1 amide bonds. The first-order valence-corrected chi connectivity index (χ1v) is 12.7. The van der Waals surface area contributed by atoms with E-state index in [1.165, 1.54) is 12.1 Å². The average Bonchev–Trinajstić information content (AvgIpc) is 3.17. The van der Waals surface area contributed by atoms with E-state index in [9.17, 15) is 18.5 Å². The third-order valence-electron chi connectivity index (χ3n) is 5.53. The largest absolute Gasteiger partial charge is 0.341 e. The number of aromatic nitrogens is 1. The highest BCUT2D eigenvalue weighted by molar-refractivity contribution is 7.89. The molecule has 7 nitrogen and oxygen atoms in total. The van der Waals surface area contributed by atoms with Crippen molar-refractivity contribution in [2.75, 3.05) is 13.1 Å². The predicted molar refractivity (Wildman–Crippen MR) is 124 cm³/mol. The number of carbonyl (C=O) groups is 1. The summed E-state index contributed by atoms with van der Waals surface area (Å²) >= 11 is 18.1. The first-order chi connectivity index (χ1) is 15.1. The number of sulfonamides is 1. The lowest BCUT2D eigenvalue weighted by molar-refractivity contribution is -0.134. The van der Waals surface area contributed by atoms with Crippen LogP contribution >= 0.6 is 34.8 Å². The SMILES string of the molecule is CC1CCN(C(=O)C(CCn2cccc2C#N)NS(=O)(=O)c2c(Cl)cc(Cl)cc2Cl)CC1. The highest BCUT2D eigenvalue weighted by Gasteiger charge is 2.33. The summed E-state index contributed by atoms with van der Waals surface area (Å²) < 4.78 is 30.5. The van der Waals surface area contributed by atoms with Crippen LogP contribution in [0.15, 0.2) is 35.4 Å². The molecule has 1 N–H and O–H groups in total. The Labute approximate surface area is 202 Å². The molecule has 11 heteroatoms. The first kappa shape index (κ1) is 24.9. The van der Waals surface area contributed by atoms with Crippen molar-refractivity contribution in [1.82, 2.24) is 14.2 Å². The fourth-order valence-electron chi connectivity index (χ4n) is 3.69. The molecule has 2 heterocycles. The van der Waals surface area contributed by atoms with E-state index in [2.05, 4.69) is 17.7 Å². The average molecular weight is 518 g/mol. The summed E-state index contributed by atoms with van der Waals surface area (Å²) in [5.74, 6) is 0.200. The smallest absolute Gasteiger partial charge is 0.244 e. The lowest BCUT2D eigenvalue weighted by Crippen LogP contribution is -2.51. The maximum atomic E-state index is 13.3. The minimum atomic E-state index is -4.23. The van der Waals surface area contributed by atoms with Crippen molar-refractivity contribution in [2.45, 2.75) is 43.7 Å². The van der Waals surface area contributed by atoms with Crippen LogP contribution in [0.5, 0.6) is 0 Å². The van der Waals surface area contributed by atoms with Gasteiger partial charge in [0.05, 0.1) is 10.0 Å². The van der Waals surface area contributed by atoms with Crippen molar-refractivity contribution in [1.29, 1.82) is 5.26 Å². The van der Waals surface area contributed by atoms with Gasteiger partial charge in [-0.15, -0.1) is 0 Å². The highest BCUT2D eigenvalue weighted by atomic mass is 35.5. The zero-order chi connectivity index (χ0) is 23.5. The maximum Gasteiger partial charge on any atom is 0.244 e. The number of hydrogen-bond acceptors (Lipinski definition) is 4. The molecule has 1 aliphatic heterocycles. The number of aryl methyl sites for hydroxylation is 1. The van der Waals surface area contributed by atoms with Crippen LogP contribution < -0.4 is 4.72 Å². The normalized spacial score (nSPS) is 16.0. The lowest BCUT2D eigenvalue weighted by atomic mass is 9.98. The summed E-state index contributed by atoms with van der Waals surface area (Å²) in [6, 6.07) is 6.96. The number of amides is 1. The molecule has 1 saturated heterocycles. The standard InChI is InChI=1S/C21H23Cl3N4O3S/c1-14-4-8-28(9-5-14)21(29)19(6-10-27-7-2-3-16(27)13-25)26-32(30,31)20-17(23)11-15(22)12-18(20)24/h2-3,7,11-12,14,19,26H,4-6,8-10H2,1H3. The molecule has 1 fully saturated rings. The zero-order valence-corrected chi connectivity index (χ0v) is 20.5. The molecule has 172 valence electrons. The molecule has 1 aliphatic rings. The van der Waals surface area contributed by atoms with Gasteiger partial charge in [0.1, 0.15) is 22.7 Å². The van der Waals surface area contributed by atoms with Gasteiger partial charge in [0.25, 0.3) is 0 Å². The molecule has 3 rings (SSSR count). The van der Waals surface area contributed by atoms with Gasteiger partial charge in [-0.2, -0.15) is 9.98 Å². The summed E-state index contributed by atoms with van der Waals surface area (Å²) in [5, 5.41) is 9.16. The van der Waals surface area contributed by atoms with Crippen LogP contribution in [0, 0.1) is 17.2 Å². The number of piperidine rings is 1. The monoisotopic (exact) mass is 516 g/mol. The Bertz CT molecular complexity index is 1110. The van der Waals surface area contributed by atoms with Crippen LogP contribution in [0.4, 0.5) is 0 Å². The van der Waals surface area contributed by atoms with E-state index in [-0.39, 0.29) is 38.8 Å².